The second-order valence-corrected chi connectivity index (χ2v) is 7.48. The van der Waals surface area contributed by atoms with Gasteiger partial charge in [-0.2, -0.15) is 0 Å². The Morgan fingerprint density at radius 3 is 1.54 bits per heavy atom. The number of carbonyl (C=O) groups is 3. The Balaban J connectivity index is 0.000000278. The number of benzene rings is 3. The van der Waals surface area contributed by atoms with E-state index in [4.69, 9.17) is 14.2 Å². The van der Waals surface area contributed by atoms with Gasteiger partial charge >= 0.3 is 0 Å². The van der Waals surface area contributed by atoms with Crippen LogP contribution < -0.4 is 14.2 Å². The topological polar surface area (TPSA) is 160 Å². The van der Waals surface area contributed by atoms with E-state index in [2.05, 4.69) is 0 Å². The summed E-state index contributed by atoms with van der Waals surface area (Å²) in [6.45, 7) is 4.17. The lowest BCUT2D eigenvalue weighted by Gasteiger charge is -2.06. The van der Waals surface area contributed by atoms with Gasteiger partial charge in [0, 0.05) is 17.7 Å². The highest BCUT2D eigenvalue weighted by Gasteiger charge is 2.12. The molecule has 0 aliphatic rings. The van der Waals surface area contributed by atoms with E-state index in [0.717, 1.165) is 0 Å². The summed E-state index contributed by atoms with van der Waals surface area (Å²) in [7, 11) is 4.31. The quantitative estimate of drug-likeness (QED) is 0.272. The zero-order valence-electron chi connectivity index (χ0n) is 21.4. The van der Waals surface area contributed by atoms with Crippen molar-refractivity contribution < 1.29 is 49.0 Å². The van der Waals surface area contributed by atoms with Crippen molar-refractivity contribution in [3.8, 4) is 40.2 Å². The molecule has 0 amide bonds. The van der Waals surface area contributed by atoms with Gasteiger partial charge in [0.15, 0.2) is 40.3 Å². The molecule has 0 bridgehead atoms. The molecule has 3 aromatic carbocycles. The maximum Gasteiger partial charge on any atom is 0.164 e. The minimum atomic E-state index is -0.310. The largest absolute Gasteiger partial charge is 0.507 e. The van der Waals surface area contributed by atoms with Crippen LogP contribution in [0, 0.1) is 0 Å². The lowest BCUT2D eigenvalue weighted by Crippen LogP contribution is -1.93. The third-order valence-corrected chi connectivity index (χ3v) is 4.85. The molecule has 0 aliphatic heterocycles. The van der Waals surface area contributed by atoms with Crippen LogP contribution in [-0.4, -0.2) is 59.1 Å². The Labute approximate surface area is 214 Å². The van der Waals surface area contributed by atoms with Crippen molar-refractivity contribution in [3.63, 3.8) is 0 Å². The molecule has 0 saturated carbocycles. The zero-order valence-corrected chi connectivity index (χ0v) is 21.4. The third kappa shape index (κ3) is 8.77. The lowest BCUT2D eigenvalue weighted by atomic mass is 10.1. The summed E-state index contributed by atoms with van der Waals surface area (Å²) < 4.78 is 14.4. The van der Waals surface area contributed by atoms with Gasteiger partial charge in [0.05, 0.1) is 32.5 Å². The van der Waals surface area contributed by atoms with Crippen LogP contribution in [0.2, 0.25) is 0 Å². The Morgan fingerprint density at radius 1 is 0.541 bits per heavy atom. The Morgan fingerprint density at radius 2 is 1.08 bits per heavy atom. The molecule has 0 unspecified atom stereocenters. The van der Waals surface area contributed by atoms with E-state index < -0.39 is 0 Å². The predicted molar refractivity (Wildman–Crippen MR) is 136 cm³/mol. The number of hydrogen-bond acceptors (Lipinski definition) is 10. The van der Waals surface area contributed by atoms with Gasteiger partial charge in [-0.25, -0.2) is 0 Å². The van der Waals surface area contributed by atoms with Crippen LogP contribution >= 0.6 is 0 Å². The highest BCUT2D eigenvalue weighted by Crippen LogP contribution is 2.33. The molecule has 0 saturated heterocycles. The predicted octanol–water partition coefficient (Wildman–Crippen LogP) is 4.52. The van der Waals surface area contributed by atoms with Crippen LogP contribution in [0.1, 0.15) is 51.8 Å². The lowest BCUT2D eigenvalue weighted by molar-refractivity contribution is 0.100. The molecule has 0 aromatic heterocycles. The molecule has 0 spiro atoms. The summed E-state index contributed by atoms with van der Waals surface area (Å²) >= 11 is 0. The van der Waals surface area contributed by atoms with Crippen LogP contribution in [0.25, 0.3) is 0 Å². The van der Waals surface area contributed by atoms with E-state index in [1.165, 1.54) is 78.5 Å². The maximum absolute atomic E-state index is 10.9. The molecular weight excluding hydrogens is 484 g/mol. The van der Waals surface area contributed by atoms with Gasteiger partial charge in [-0.3, -0.25) is 14.4 Å². The first-order valence-corrected chi connectivity index (χ1v) is 10.7. The SMILES string of the molecule is COc1cc(C(C)=O)ccc1O.COc1cc(O)c(C(C)=O)cc1O.COc1ccc(C(C)=O)c(O)c1. The summed E-state index contributed by atoms with van der Waals surface area (Å²) in [6.07, 6.45) is 0. The van der Waals surface area contributed by atoms with E-state index in [-0.39, 0.29) is 51.7 Å². The van der Waals surface area contributed by atoms with Gasteiger partial charge < -0.3 is 34.6 Å². The van der Waals surface area contributed by atoms with Crippen molar-refractivity contribution in [2.45, 2.75) is 20.8 Å². The number of rotatable bonds is 6. The highest BCUT2D eigenvalue weighted by molar-refractivity contribution is 5.97. The first kappa shape index (κ1) is 30.3. The first-order chi connectivity index (χ1) is 17.4. The smallest absolute Gasteiger partial charge is 0.164 e. The van der Waals surface area contributed by atoms with E-state index in [1.807, 2.05) is 0 Å². The van der Waals surface area contributed by atoms with Crippen LogP contribution in [-0.2, 0) is 0 Å². The van der Waals surface area contributed by atoms with Gasteiger partial charge in [-0.15, -0.1) is 0 Å². The molecule has 10 nitrogen and oxygen atoms in total. The third-order valence-electron chi connectivity index (χ3n) is 4.85. The maximum atomic E-state index is 10.9. The number of hydrogen-bond donors (Lipinski definition) is 4. The molecule has 10 heteroatoms. The van der Waals surface area contributed by atoms with Crippen molar-refractivity contribution in [3.05, 3.63) is 65.2 Å². The number of carbonyl (C=O) groups excluding carboxylic acids is 3. The summed E-state index contributed by atoms with van der Waals surface area (Å²) in [6, 6.07) is 11.5. The standard InChI is InChI=1S/C9H10O4.2C9H10O3/c1-5(10)6-3-8(12)9(13-2)4-7(6)11;1-6(10)8-4-3-7(12-2)5-9(8)11;1-6(10)7-3-4-8(11)9(5-7)12-2/h3-4,11-12H,1-2H3;2*3-5,11H,1-2H3. The molecule has 198 valence electrons. The normalized spacial score (nSPS) is 9.57. The van der Waals surface area contributed by atoms with Gasteiger partial charge in [-0.1, -0.05) is 0 Å². The zero-order chi connectivity index (χ0) is 28.3. The molecule has 0 fully saturated rings. The van der Waals surface area contributed by atoms with E-state index in [0.29, 0.717) is 22.6 Å². The fraction of sp³-hybridized carbons (Fsp3) is 0.222. The fourth-order valence-corrected chi connectivity index (χ4v) is 2.84. The number of Topliss-reactive ketones (excluding diaryl/α,β-unsaturated/α-hetero) is 3. The molecular formula is C27H30O10. The van der Waals surface area contributed by atoms with Gasteiger partial charge in [0.2, 0.25) is 0 Å². The summed E-state index contributed by atoms with van der Waals surface area (Å²) in [4.78, 5) is 32.7. The van der Waals surface area contributed by atoms with Crippen molar-refractivity contribution >= 4 is 17.3 Å². The number of phenolic OH excluding ortho intramolecular Hbond substituents is 4. The minimum Gasteiger partial charge on any atom is -0.507 e. The molecule has 0 aliphatic carbocycles. The van der Waals surface area contributed by atoms with E-state index >= 15 is 0 Å². The summed E-state index contributed by atoms with van der Waals surface area (Å²) in [5.74, 6) is 0.138. The van der Waals surface area contributed by atoms with E-state index in [1.54, 1.807) is 12.1 Å². The Kier molecular flexibility index (Phi) is 11.4. The number of phenols is 4. The van der Waals surface area contributed by atoms with Crippen molar-refractivity contribution in [1.29, 1.82) is 0 Å². The van der Waals surface area contributed by atoms with Crippen molar-refractivity contribution in [2.75, 3.05) is 21.3 Å². The molecule has 37 heavy (non-hydrogen) atoms. The molecule has 4 N–H and O–H groups in total. The van der Waals surface area contributed by atoms with Crippen molar-refractivity contribution in [2.24, 2.45) is 0 Å². The van der Waals surface area contributed by atoms with Crippen LogP contribution in [0.15, 0.2) is 48.5 Å². The summed E-state index contributed by atoms with van der Waals surface area (Å²) in [5, 5.41) is 37.1. The van der Waals surface area contributed by atoms with Crippen LogP contribution in [0.5, 0.6) is 40.2 Å². The second-order valence-electron chi connectivity index (χ2n) is 7.48. The molecule has 3 rings (SSSR count). The summed E-state index contributed by atoms with van der Waals surface area (Å²) in [5.41, 5.74) is 0.929. The number of ketones is 3. The molecule has 0 radical (unpaired) electrons. The average Bonchev–Trinajstić information content (AvgIpc) is 2.85. The number of aromatic hydroxyl groups is 4. The average molecular weight is 515 g/mol. The van der Waals surface area contributed by atoms with Gasteiger partial charge in [-0.05, 0) is 57.2 Å². The molecule has 0 atom stereocenters. The number of ether oxygens (including phenoxy) is 3. The molecule has 0 heterocycles. The van der Waals surface area contributed by atoms with Crippen LogP contribution in [0.3, 0.4) is 0 Å². The number of methoxy groups -OCH3 is 3. The van der Waals surface area contributed by atoms with Crippen LogP contribution in [0.4, 0.5) is 0 Å². The Bertz CT molecular complexity index is 1260. The van der Waals surface area contributed by atoms with Gasteiger partial charge in [0.1, 0.15) is 17.2 Å². The highest BCUT2D eigenvalue weighted by atomic mass is 16.5. The fourth-order valence-electron chi connectivity index (χ4n) is 2.84. The van der Waals surface area contributed by atoms with Gasteiger partial charge in [0.25, 0.3) is 0 Å². The first-order valence-electron chi connectivity index (χ1n) is 10.7. The minimum absolute atomic E-state index is 0.0400. The monoisotopic (exact) mass is 514 g/mol. The van der Waals surface area contributed by atoms with E-state index in [9.17, 15) is 34.8 Å². The second kappa shape index (κ2) is 14.0. The Hall–Kier alpha value is -4.73. The molecule has 3 aromatic rings. The van der Waals surface area contributed by atoms with Crippen molar-refractivity contribution in [1.82, 2.24) is 0 Å².